The molecule has 0 unspecified atom stereocenters. The van der Waals surface area contributed by atoms with Gasteiger partial charge in [-0.1, -0.05) is 11.6 Å². The summed E-state index contributed by atoms with van der Waals surface area (Å²) in [5, 5.41) is 0.309. The van der Waals surface area contributed by atoms with Crippen LogP contribution < -0.4 is 0 Å². The Morgan fingerprint density at radius 3 is 2.88 bits per heavy atom. The fourth-order valence-corrected chi connectivity index (χ4v) is 1.85. The summed E-state index contributed by atoms with van der Waals surface area (Å²) < 4.78 is 0. The number of amides is 2. The molecule has 1 aromatic rings. The van der Waals surface area contributed by atoms with E-state index < -0.39 is 0 Å². The van der Waals surface area contributed by atoms with Crippen molar-refractivity contribution in [2.24, 2.45) is 0 Å². The van der Waals surface area contributed by atoms with E-state index in [0.29, 0.717) is 23.7 Å². The summed E-state index contributed by atoms with van der Waals surface area (Å²) in [7, 11) is 1.73. The minimum Gasteiger partial charge on any atom is -0.342 e. The summed E-state index contributed by atoms with van der Waals surface area (Å²) >= 11 is 5.90. The zero-order valence-corrected chi connectivity index (χ0v) is 10.1. The first kappa shape index (κ1) is 11.9. The van der Waals surface area contributed by atoms with Crippen molar-refractivity contribution in [1.82, 2.24) is 14.8 Å². The van der Waals surface area contributed by atoms with Gasteiger partial charge in [0.05, 0.1) is 10.6 Å². The van der Waals surface area contributed by atoms with Crippen molar-refractivity contribution >= 4 is 23.4 Å². The first-order valence-corrected chi connectivity index (χ1v) is 5.60. The molecule has 17 heavy (non-hydrogen) atoms. The van der Waals surface area contributed by atoms with Gasteiger partial charge in [-0.2, -0.15) is 0 Å². The van der Waals surface area contributed by atoms with Crippen LogP contribution in [0, 0.1) is 0 Å². The van der Waals surface area contributed by atoms with Crippen molar-refractivity contribution in [1.29, 1.82) is 0 Å². The maximum absolute atomic E-state index is 12.1. The van der Waals surface area contributed by atoms with Gasteiger partial charge in [-0.3, -0.25) is 14.6 Å². The van der Waals surface area contributed by atoms with Crippen LogP contribution in [0.1, 0.15) is 10.4 Å². The molecule has 2 heterocycles. The summed E-state index contributed by atoms with van der Waals surface area (Å²) in [6.07, 6.45) is 2.93. The van der Waals surface area contributed by atoms with E-state index in [0.717, 1.165) is 0 Å². The Bertz CT molecular complexity index is 464. The fourth-order valence-electron chi connectivity index (χ4n) is 1.65. The van der Waals surface area contributed by atoms with E-state index in [1.807, 2.05) is 0 Å². The third kappa shape index (κ3) is 2.39. The quantitative estimate of drug-likeness (QED) is 0.738. The minimum absolute atomic E-state index is 0.0604. The second-order valence-corrected chi connectivity index (χ2v) is 4.30. The van der Waals surface area contributed by atoms with Gasteiger partial charge in [0, 0.05) is 32.5 Å². The normalized spacial score (nSPS) is 16.2. The SMILES string of the molecule is CN1CCN(C(=O)c2ccncc2Cl)CC1=O. The van der Waals surface area contributed by atoms with Gasteiger partial charge in [0.1, 0.15) is 6.54 Å². The van der Waals surface area contributed by atoms with Crippen LogP contribution in [-0.2, 0) is 4.79 Å². The molecule has 1 aromatic heterocycles. The first-order valence-electron chi connectivity index (χ1n) is 5.22. The molecule has 0 radical (unpaired) electrons. The number of carbonyl (C=O) groups is 2. The Hall–Kier alpha value is -1.62. The molecule has 0 aromatic carbocycles. The van der Waals surface area contributed by atoms with Gasteiger partial charge in [-0.05, 0) is 6.07 Å². The number of pyridine rings is 1. The van der Waals surface area contributed by atoms with E-state index in [1.165, 1.54) is 17.3 Å². The molecule has 0 spiro atoms. The number of halogens is 1. The Kier molecular flexibility index (Phi) is 3.28. The van der Waals surface area contributed by atoms with E-state index in [1.54, 1.807) is 18.0 Å². The lowest BCUT2D eigenvalue weighted by Gasteiger charge is -2.32. The van der Waals surface area contributed by atoms with Crippen molar-refractivity contribution < 1.29 is 9.59 Å². The smallest absolute Gasteiger partial charge is 0.256 e. The van der Waals surface area contributed by atoms with Crippen LogP contribution in [0.15, 0.2) is 18.5 Å². The van der Waals surface area contributed by atoms with Crippen LogP contribution in [-0.4, -0.2) is 53.3 Å². The maximum atomic E-state index is 12.1. The zero-order valence-electron chi connectivity index (χ0n) is 9.39. The molecule has 90 valence electrons. The van der Waals surface area contributed by atoms with Crippen molar-refractivity contribution in [2.45, 2.75) is 0 Å². The number of likely N-dealkylation sites (N-methyl/N-ethyl adjacent to an activating group) is 1. The van der Waals surface area contributed by atoms with Gasteiger partial charge in [0.15, 0.2) is 0 Å². The van der Waals surface area contributed by atoms with Gasteiger partial charge in [0.25, 0.3) is 5.91 Å². The number of carbonyl (C=O) groups excluding carboxylic acids is 2. The molecule has 0 aliphatic carbocycles. The maximum Gasteiger partial charge on any atom is 0.256 e. The molecule has 6 heteroatoms. The van der Waals surface area contributed by atoms with Crippen LogP contribution in [0.2, 0.25) is 5.02 Å². The lowest BCUT2D eigenvalue weighted by molar-refractivity contribution is -0.133. The molecule has 1 aliphatic heterocycles. The molecule has 0 bridgehead atoms. The van der Waals surface area contributed by atoms with Crippen LogP contribution in [0.3, 0.4) is 0 Å². The van der Waals surface area contributed by atoms with Gasteiger partial charge in [-0.15, -0.1) is 0 Å². The second kappa shape index (κ2) is 4.71. The second-order valence-electron chi connectivity index (χ2n) is 3.90. The molecule has 2 amide bonds. The van der Waals surface area contributed by atoms with E-state index in [4.69, 9.17) is 11.6 Å². The van der Waals surface area contributed by atoms with Crippen molar-refractivity contribution in [3.05, 3.63) is 29.0 Å². The Morgan fingerprint density at radius 1 is 1.47 bits per heavy atom. The first-order chi connectivity index (χ1) is 8.09. The lowest BCUT2D eigenvalue weighted by atomic mass is 10.2. The average Bonchev–Trinajstić information content (AvgIpc) is 2.32. The van der Waals surface area contributed by atoms with Gasteiger partial charge in [-0.25, -0.2) is 0 Å². The Balaban J connectivity index is 2.16. The third-order valence-corrected chi connectivity index (χ3v) is 3.05. The van der Waals surface area contributed by atoms with Crippen LogP contribution >= 0.6 is 11.6 Å². The highest BCUT2D eigenvalue weighted by atomic mass is 35.5. The minimum atomic E-state index is -0.223. The Morgan fingerprint density at radius 2 is 2.24 bits per heavy atom. The van der Waals surface area contributed by atoms with Gasteiger partial charge >= 0.3 is 0 Å². The van der Waals surface area contributed by atoms with E-state index in [2.05, 4.69) is 4.98 Å². The standard InChI is InChI=1S/C11H12ClN3O2/c1-14-4-5-15(7-10(14)16)11(17)8-2-3-13-6-9(8)12/h2-3,6H,4-5,7H2,1H3. The highest BCUT2D eigenvalue weighted by molar-refractivity contribution is 6.33. The molecule has 2 rings (SSSR count). The molecular weight excluding hydrogens is 242 g/mol. The van der Waals surface area contributed by atoms with Gasteiger partial charge < -0.3 is 9.80 Å². The third-order valence-electron chi connectivity index (χ3n) is 2.75. The molecule has 1 fully saturated rings. The zero-order chi connectivity index (χ0) is 12.4. The highest BCUT2D eigenvalue weighted by Gasteiger charge is 2.26. The molecule has 0 saturated carbocycles. The van der Waals surface area contributed by atoms with Crippen LogP contribution in [0.25, 0.3) is 0 Å². The largest absolute Gasteiger partial charge is 0.342 e. The molecule has 0 N–H and O–H groups in total. The van der Waals surface area contributed by atoms with Gasteiger partial charge in [0.2, 0.25) is 5.91 Å². The number of hydrogen-bond donors (Lipinski definition) is 0. The average molecular weight is 254 g/mol. The van der Waals surface area contributed by atoms with Crippen molar-refractivity contribution in [2.75, 3.05) is 26.7 Å². The van der Waals surface area contributed by atoms with Crippen LogP contribution in [0.5, 0.6) is 0 Å². The number of hydrogen-bond acceptors (Lipinski definition) is 3. The summed E-state index contributed by atoms with van der Waals surface area (Å²) in [4.78, 5) is 30.6. The Labute approximate surface area is 104 Å². The van der Waals surface area contributed by atoms with E-state index >= 15 is 0 Å². The monoisotopic (exact) mass is 253 g/mol. The highest BCUT2D eigenvalue weighted by Crippen LogP contribution is 2.16. The summed E-state index contributed by atoms with van der Waals surface area (Å²) in [5.41, 5.74) is 0.388. The number of rotatable bonds is 1. The fraction of sp³-hybridized carbons (Fsp3) is 0.364. The molecule has 5 nitrogen and oxygen atoms in total. The molecule has 1 saturated heterocycles. The van der Waals surface area contributed by atoms with E-state index in [-0.39, 0.29) is 18.4 Å². The lowest BCUT2D eigenvalue weighted by Crippen LogP contribution is -2.50. The molecular formula is C11H12ClN3O2. The number of nitrogens with zero attached hydrogens (tertiary/aromatic N) is 3. The predicted octanol–water partition coefficient (Wildman–Crippen LogP) is 0.649. The summed E-state index contributed by atoms with van der Waals surface area (Å²) in [5.74, 6) is -0.284. The van der Waals surface area contributed by atoms with Crippen molar-refractivity contribution in [3.8, 4) is 0 Å². The molecule has 1 aliphatic rings. The topological polar surface area (TPSA) is 53.5 Å². The predicted molar refractivity (Wildman–Crippen MR) is 62.8 cm³/mol. The summed E-state index contributed by atoms with van der Waals surface area (Å²) in [6, 6.07) is 1.56. The molecule has 0 atom stereocenters. The number of piperazine rings is 1. The number of aromatic nitrogens is 1. The van der Waals surface area contributed by atoms with Crippen molar-refractivity contribution in [3.63, 3.8) is 0 Å². The summed E-state index contributed by atoms with van der Waals surface area (Å²) in [6.45, 7) is 1.18. The van der Waals surface area contributed by atoms with E-state index in [9.17, 15) is 9.59 Å². The van der Waals surface area contributed by atoms with Crippen LogP contribution in [0.4, 0.5) is 0 Å².